The van der Waals surface area contributed by atoms with Gasteiger partial charge in [-0.3, -0.25) is 0 Å². The fourth-order valence-corrected chi connectivity index (χ4v) is 2.56. The van der Waals surface area contributed by atoms with Crippen LogP contribution in [0.5, 0.6) is 0 Å². The highest BCUT2D eigenvalue weighted by Gasteiger charge is 2.26. The van der Waals surface area contributed by atoms with E-state index in [0.29, 0.717) is 13.2 Å². The Morgan fingerprint density at radius 1 is 1.57 bits per heavy atom. The average Bonchev–Trinajstić information content (AvgIpc) is 2.95. The zero-order chi connectivity index (χ0) is 14.7. The number of carbonyl (C=O) groups is 1. The Morgan fingerprint density at radius 2 is 2.48 bits per heavy atom. The van der Waals surface area contributed by atoms with Crippen molar-refractivity contribution in [3.8, 4) is 0 Å². The lowest BCUT2D eigenvalue weighted by atomic mass is 10.2. The molecule has 2 aromatic heterocycles. The minimum Gasteiger partial charge on any atom is -0.382 e. The minimum absolute atomic E-state index is 0.0562. The molecule has 1 saturated heterocycles. The third-order valence-electron chi connectivity index (χ3n) is 3.61. The number of piperazine rings is 1. The van der Waals surface area contributed by atoms with Crippen LogP contribution in [0.2, 0.25) is 0 Å². The van der Waals surface area contributed by atoms with Crippen LogP contribution in [0.15, 0.2) is 30.7 Å². The second-order valence-corrected chi connectivity index (χ2v) is 5.05. The number of hydrogen-bond donors (Lipinski definition) is 2. The Bertz CT molecular complexity index is 625. The molecule has 3 heterocycles. The lowest BCUT2D eigenvalue weighted by Crippen LogP contribution is -2.56. The number of ether oxygens (including phenoxy) is 1. The Kier molecular flexibility index (Phi) is 4.03. The summed E-state index contributed by atoms with van der Waals surface area (Å²) in [7, 11) is 1.65. The molecule has 0 spiro atoms. The number of urea groups is 1. The summed E-state index contributed by atoms with van der Waals surface area (Å²) in [6, 6.07) is 3.69. The molecule has 3 rings (SSSR count). The molecule has 1 aliphatic rings. The summed E-state index contributed by atoms with van der Waals surface area (Å²) in [6.07, 6.45) is 5.43. The third kappa shape index (κ3) is 2.98. The number of methoxy groups -OCH3 is 1. The SMILES string of the molecule is COCC1CNCCN1C(=O)Nc1ccc2nccn2c1. The summed E-state index contributed by atoms with van der Waals surface area (Å²) in [5.74, 6) is 0. The van der Waals surface area contributed by atoms with E-state index in [1.165, 1.54) is 0 Å². The van der Waals surface area contributed by atoms with Crippen LogP contribution in [0, 0.1) is 0 Å². The Labute approximate surface area is 122 Å². The lowest BCUT2D eigenvalue weighted by molar-refractivity contribution is 0.0950. The minimum atomic E-state index is -0.0991. The van der Waals surface area contributed by atoms with Gasteiger partial charge in [0.2, 0.25) is 0 Å². The van der Waals surface area contributed by atoms with Gasteiger partial charge in [0.15, 0.2) is 0 Å². The quantitative estimate of drug-likeness (QED) is 0.876. The number of hydrogen-bond acceptors (Lipinski definition) is 4. The predicted octanol–water partition coefficient (Wildman–Crippen LogP) is 0.786. The number of pyridine rings is 1. The summed E-state index contributed by atoms with van der Waals surface area (Å²) in [5, 5.41) is 6.21. The third-order valence-corrected chi connectivity index (χ3v) is 3.61. The summed E-state index contributed by atoms with van der Waals surface area (Å²) < 4.78 is 7.06. The largest absolute Gasteiger partial charge is 0.382 e. The number of nitrogens with zero attached hydrogens (tertiary/aromatic N) is 3. The predicted molar refractivity (Wildman–Crippen MR) is 79.5 cm³/mol. The molecule has 7 heteroatoms. The van der Waals surface area contributed by atoms with Gasteiger partial charge in [-0.2, -0.15) is 0 Å². The number of fused-ring (bicyclic) bond motifs is 1. The number of carbonyl (C=O) groups excluding carboxylic acids is 1. The van der Waals surface area contributed by atoms with Crippen LogP contribution in [0.1, 0.15) is 0 Å². The lowest BCUT2D eigenvalue weighted by Gasteiger charge is -2.35. The molecule has 0 bridgehead atoms. The number of anilines is 1. The van der Waals surface area contributed by atoms with Crippen LogP contribution in [-0.2, 0) is 4.74 Å². The molecule has 1 atom stereocenters. The van der Waals surface area contributed by atoms with Gasteiger partial charge in [-0.05, 0) is 12.1 Å². The maximum atomic E-state index is 12.4. The summed E-state index contributed by atoms with van der Waals surface area (Å²) in [5.41, 5.74) is 1.60. The van der Waals surface area contributed by atoms with E-state index in [9.17, 15) is 4.79 Å². The summed E-state index contributed by atoms with van der Waals surface area (Å²) >= 11 is 0. The van der Waals surface area contributed by atoms with Crippen molar-refractivity contribution in [2.45, 2.75) is 6.04 Å². The highest BCUT2D eigenvalue weighted by Crippen LogP contribution is 2.12. The van der Waals surface area contributed by atoms with E-state index < -0.39 is 0 Å². The standard InChI is InChI=1S/C14H19N5O2/c1-21-10-12-8-15-4-7-19(12)14(20)17-11-2-3-13-16-5-6-18(13)9-11/h2-3,5-6,9,12,15H,4,7-8,10H2,1H3,(H,17,20). The topological polar surface area (TPSA) is 70.9 Å². The van der Waals surface area contributed by atoms with E-state index in [2.05, 4.69) is 15.6 Å². The zero-order valence-corrected chi connectivity index (χ0v) is 12.0. The summed E-state index contributed by atoms with van der Waals surface area (Å²) in [6.45, 7) is 2.75. The zero-order valence-electron chi connectivity index (χ0n) is 12.0. The van der Waals surface area contributed by atoms with Crippen LogP contribution in [-0.4, -0.2) is 59.7 Å². The maximum Gasteiger partial charge on any atom is 0.322 e. The Morgan fingerprint density at radius 3 is 3.33 bits per heavy atom. The van der Waals surface area contributed by atoms with Crippen molar-refractivity contribution >= 4 is 17.4 Å². The molecule has 0 aliphatic carbocycles. The van der Waals surface area contributed by atoms with Crippen LogP contribution < -0.4 is 10.6 Å². The molecule has 0 aromatic carbocycles. The Balaban J connectivity index is 1.71. The van der Waals surface area contributed by atoms with Crippen molar-refractivity contribution in [1.82, 2.24) is 19.6 Å². The molecule has 1 unspecified atom stereocenters. The van der Waals surface area contributed by atoms with Gasteiger partial charge in [-0.1, -0.05) is 0 Å². The molecule has 2 N–H and O–H groups in total. The van der Waals surface area contributed by atoms with E-state index in [1.807, 2.05) is 33.8 Å². The molecule has 0 saturated carbocycles. The number of rotatable bonds is 3. The van der Waals surface area contributed by atoms with Crippen LogP contribution in [0.4, 0.5) is 10.5 Å². The first-order chi connectivity index (χ1) is 10.3. The number of imidazole rings is 1. The van der Waals surface area contributed by atoms with Gasteiger partial charge in [-0.15, -0.1) is 0 Å². The van der Waals surface area contributed by atoms with Gasteiger partial charge in [0.05, 0.1) is 18.3 Å². The van der Waals surface area contributed by atoms with Crippen molar-refractivity contribution in [3.05, 3.63) is 30.7 Å². The molecular formula is C14H19N5O2. The van der Waals surface area contributed by atoms with Crippen molar-refractivity contribution in [2.75, 3.05) is 38.7 Å². The van der Waals surface area contributed by atoms with Gasteiger partial charge < -0.3 is 24.7 Å². The molecule has 1 fully saturated rings. The van der Waals surface area contributed by atoms with Crippen molar-refractivity contribution in [2.24, 2.45) is 0 Å². The molecule has 2 aromatic rings. The first kappa shape index (κ1) is 13.8. The van der Waals surface area contributed by atoms with E-state index in [4.69, 9.17) is 4.74 Å². The second kappa shape index (κ2) is 6.11. The van der Waals surface area contributed by atoms with E-state index in [1.54, 1.807) is 13.3 Å². The van der Waals surface area contributed by atoms with Crippen LogP contribution >= 0.6 is 0 Å². The molecule has 7 nitrogen and oxygen atoms in total. The van der Waals surface area contributed by atoms with Gasteiger partial charge in [0.1, 0.15) is 5.65 Å². The van der Waals surface area contributed by atoms with E-state index >= 15 is 0 Å². The van der Waals surface area contributed by atoms with E-state index in [-0.39, 0.29) is 12.1 Å². The molecule has 112 valence electrons. The van der Waals surface area contributed by atoms with Gasteiger partial charge in [-0.25, -0.2) is 9.78 Å². The number of nitrogens with one attached hydrogen (secondary N) is 2. The number of aromatic nitrogens is 2. The van der Waals surface area contributed by atoms with Crippen LogP contribution in [0.25, 0.3) is 5.65 Å². The molecule has 2 amide bonds. The first-order valence-corrected chi connectivity index (χ1v) is 6.98. The normalized spacial score (nSPS) is 18.9. The van der Waals surface area contributed by atoms with Crippen molar-refractivity contribution < 1.29 is 9.53 Å². The highest BCUT2D eigenvalue weighted by atomic mass is 16.5. The average molecular weight is 289 g/mol. The van der Waals surface area contributed by atoms with Gasteiger partial charge in [0, 0.05) is 45.3 Å². The molecule has 21 heavy (non-hydrogen) atoms. The fourth-order valence-electron chi connectivity index (χ4n) is 2.56. The number of amides is 2. The smallest absolute Gasteiger partial charge is 0.322 e. The van der Waals surface area contributed by atoms with Gasteiger partial charge in [0.25, 0.3) is 0 Å². The highest BCUT2D eigenvalue weighted by molar-refractivity contribution is 5.89. The monoisotopic (exact) mass is 289 g/mol. The maximum absolute atomic E-state index is 12.4. The Hall–Kier alpha value is -2.12. The second-order valence-electron chi connectivity index (χ2n) is 5.05. The fraction of sp³-hybridized carbons (Fsp3) is 0.429. The van der Waals surface area contributed by atoms with Gasteiger partial charge >= 0.3 is 6.03 Å². The van der Waals surface area contributed by atoms with E-state index in [0.717, 1.165) is 24.4 Å². The molecular weight excluding hydrogens is 270 g/mol. The molecule has 1 aliphatic heterocycles. The van der Waals surface area contributed by atoms with Crippen LogP contribution in [0.3, 0.4) is 0 Å². The first-order valence-electron chi connectivity index (χ1n) is 6.98. The van der Waals surface area contributed by atoms with Crippen molar-refractivity contribution in [1.29, 1.82) is 0 Å². The molecule has 0 radical (unpaired) electrons. The van der Waals surface area contributed by atoms with Crippen molar-refractivity contribution in [3.63, 3.8) is 0 Å². The summed E-state index contributed by atoms with van der Waals surface area (Å²) in [4.78, 5) is 18.4.